The summed E-state index contributed by atoms with van der Waals surface area (Å²) in [5, 5.41) is 11.5. The van der Waals surface area contributed by atoms with Crippen molar-refractivity contribution in [1.29, 1.82) is 0 Å². The van der Waals surface area contributed by atoms with Crippen LogP contribution in [0.1, 0.15) is 30.8 Å². The number of piperazine rings is 1. The molecule has 2 aromatic rings. The molecule has 1 aliphatic rings. The van der Waals surface area contributed by atoms with Crippen LogP contribution in [0.25, 0.3) is 0 Å². The summed E-state index contributed by atoms with van der Waals surface area (Å²) in [7, 11) is -1.53. The third-order valence-electron chi connectivity index (χ3n) is 5.00. The Morgan fingerprint density at radius 1 is 1.00 bits per heavy atom. The summed E-state index contributed by atoms with van der Waals surface area (Å²) < 4.78 is 27.9. The van der Waals surface area contributed by atoms with Crippen LogP contribution < -0.4 is 5.32 Å². The Bertz CT molecular complexity index is 910. The molecule has 1 aliphatic heterocycles. The van der Waals surface area contributed by atoms with E-state index in [-0.39, 0.29) is 0 Å². The van der Waals surface area contributed by atoms with Crippen LogP contribution in [0.5, 0.6) is 0 Å². The Morgan fingerprint density at radius 2 is 1.68 bits per heavy atom. The fourth-order valence-corrected chi connectivity index (χ4v) is 4.90. The van der Waals surface area contributed by atoms with Gasteiger partial charge in [-0.15, -0.1) is 5.10 Å². The van der Waals surface area contributed by atoms with Gasteiger partial charge in [0, 0.05) is 32.7 Å². The predicted molar refractivity (Wildman–Crippen MR) is 109 cm³/mol. The summed E-state index contributed by atoms with van der Waals surface area (Å²) >= 11 is 0. The lowest BCUT2D eigenvalue weighted by molar-refractivity contribution is 0.222. The van der Waals surface area contributed by atoms with Gasteiger partial charge in [0.15, 0.2) is 0 Å². The smallest absolute Gasteiger partial charge is 0.243 e. The number of hydrogen-bond donors (Lipinski definition) is 1. The molecule has 0 atom stereocenters. The van der Waals surface area contributed by atoms with Crippen molar-refractivity contribution in [1.82, 2.24) is 24.4 Å². The van der Waals surface area contributed by atoms with Crippen molar-refractivity contribution in [3.8, 4) is 0 Å². The summed E-state index contributed by atoms with van der Waals surface area (Å²) in [6.07, 6.45) is 1.57. The van der Waals surface area contributed by atoms with E-state index in [1.54, 1.807) is 16.4 Å². The van der Waals surface area contributed by atoms with Crippen LogP contribution in [-0.4, -0.2) is 66.0 Å². The van der Waals surface area contributed by atoms with Crippen LogP contribution in [0.3, 0.4) is 0 Å². The zero-order valence-electron chi connectivity index (χ0n) is 16.7. The van der Waals surface area contributed by atoms with E-state index in [1.165, 1.54) is 0 Å². The molecule has 2 heterocycles. The molecular weight excluding hydrogens is 376 g/mol. The van der Waals surface area contributed by atoms with Crippen molar-refractivity contribution in [3.05, 3.63) is 41.2 Å². The molecule has 1 saturated heterocycles. The molecule has 1 fully saturated rings. The highest BCUT2D eigenvalue weighted by atomic mass is 32.2. The number of hydrogen-bond acceptors (Lipinski definition) is 7. The lowest BCUT2D eigenvalue weighted by Crippen LogP contribution is -2.47. The summed E-state index contributed by atoms with van der Waals surface area (Å²) in [6, 6.07) is 7.10. The van der Waals surface area contributed by atoms with E-state index in [0.717, 1.165) is 37.3 Å². The first-order valence-corrected chi connectivity index (χ1v) is 11.1. The van der Waals surface area contributed by atoms with Crippen molar-refractivity contribution in [2.24, 2.45) is 0 Å². The number of nitrogens with zero attached hydrogens (tertiary/aromatic N) is 5. The molecule has 0 radical (unpaired) electrons. The quantitative estimate of drug-likeness (QED) is 0.748. The predicted octanol–water partition coefficient (Wildman–Crippen LogP) is 1.54. The molecule has 8 nitrogen and oxygen atoms in total. The molecule has 9 heteroatoms. The summed E-state index contributed by atoms with van der Waals surface area (Å²) in [5.74, 6) is 0.417. The second-order valence-electron chi connectivity index (χ2n) is 6.90. The first kappa shape index (κ1) is 20.6. The second kappa shape index (κ2) is 8.93. The first-order valence-electron chi connectivity index (χ1n) is 9.68. The molecule has 3 rings (SSSR count). The Kier molecular flexibility index (Phi) is 6.58. The van der Waals surface area contributed by atoms with Crippen LogP contribution in [0.2, 0.25) is 0 Å². The molecule has 152 valence electrons. The van der Waals surface area contributed by atoms with Crippen molar-refractivity contribution in [3.63, 3.8) is 0 Å². The lowest BCUT2D eigenvalue weighted by atomic mass is 10.2. The lowest BCUT2D eigenvalue weighted by Gasteiger charge is -2.32. The van der Waals surface area contributed by atoms with Crippen molar-refractivity contribution in [2.75, 3.05) is 38.5 Å². The van der Waals surface area contributed by atoms with Crippen LogP contribution in [0, 0.1) is 0 Å². The van der Waals surface area contributed by atoms with Gasteiger partial charge in [0.2, 0.25) is 16.0 Å². The SMILES string of the molecule is CCc1nnc(NCc2ccccc2S(=O)(=O)N2CCN(C)CC2)nc1CC. The molecule has 1 aromatic heterocycles. The normalized spacial score (nSPS) is 16.2. The minimum Gasteiger partial charge on any atom is -0.349 e. The molecule has 28 heavy (non-hydrogen) atoms. The Morgan fingerprint density at radius 3 is 2.36 bits per heavy atom. The van der Waals surface area contributed by atoms with Gasteiger partial charge in [0.05, 0.1) is 16.3 Å². The highest BCUT2D eigenvalue weighted by Gasteiger charge is 2.29. The fraction of sp³-hybridized carbons (Fsp3) is 0.526. The van der Waals surface area contributed by atoms with E-state index in [0.29, 0.717) is 36.0 Å². The number of nitrogens with one attached hydrogen (secondary N) is 1. The molecule has 1 N–H and O–H groups in total. The van der Waals surface area contributed by atoms with Gasteiger partial charge in [-0.25, -0.2) is 13.4 Å². The van der Waals surface area contributed by atoms with Gasteiger partial charge in [-0.2, -0.15) is 9.40 Å². The van der Waals surface area contributed by atoms with Gasteiger partial charge in [-0.1, -0.05) is 32.0 Å². The number of anilines is 1. The Hall–Kier alpha value is -2.10. The standard InChI is InChI=1S/C19H28N6O2S/c1-4-16-17(5-2)22-23-19(21-16)20-14-15-8-6-7-9-18(15)28(26,27)25-12-10-24(3)11-13-25/h6-9H,4-5,10-14H2,1-3H3,(H,20,21,23). The molecule has 0 spiro atoms. The average molecular weight is 405 g/mol. The van der Waals surface area contributed by atoms with Crippen molar-refractivity contribution >= 4 is 16.0 Å². The first-order chi connectivity index (χ1) is 13.5. The highest BCUT2D eigenvalue weighted by molar-refractivity contribution is 7.89. The molecular formula is C19H28N6O2S. The fourth-order valence-electron chi connectivity index (χ4n) is 3.26. The number of sulfonamides is 1. The maximum Gasteiger partial charge on any atom is 0.243 e. The number of rotatable bonds is 7. The Balaban J connectivity index is 1.79. The van der Waals surface area contributed by atoms with Crippen LogP contribution in [-0.2, 0) is 29.4 Å². The molecule has 0 amide bonds. The number of likely N-dealkylation sites (N-methyl/N-ethyl adjacent to an activating group) is 1. The van der Waals surface area contributed by atoms with Crippen LogP contribution in [0.15, 0.2) is 29.2 Å². The van der Waals surface area contributed by atoms with E-state index in [9.17, 15) is 8.42 Å². The monoisotopic (exact) mass is 404 g/mol. The van der Waals surface area contributed by atoms with Gasteiger partial charge in [-0.05, 0) is 31.5 Å². The third kappa shape index (κ3) is 4.48. The van der Waals surface area contributed by atoms with Gasteiger partial charge >= 0.3 is 0 Å². The molecule has 0 unspecified atom stereocenters. The molecule has 0 bridgehead atoms. The van der Waals surface area contributed by atoms with E-state index >= 15 is 0 Å². The molecule has 0 saturated carbocycles. The van der Waals surface area contributed by atoms with Crippen LogP contribution >= 0.6 is 0 Å². The summed E-state index contributed by atoms with van der Waals surface area (Å²) in [5.41, 5.74) is 2.51. The summed E-state index contributed by atoms with van der Waals surface area (Å²) in [6.45, 7) is 6.87. The molecule has 0 aliphatic carbocycles. The third-order valence-corrected chi connectivity index (χ3v) is 7.00. The van der Waals surface area contributed by atoms with Gasteiger partial charge < -0.3 is 10.2 Å². The zero-order valence-corrected chi connectivity index (χ0v) is 17.5. The Labute approximate surface area is 167 Å². The zero-order chi connectivity index (χ0) is 20.1. The van der Waals surface area contributed by atoms with Gasteiger partial charge in [-0.3, -0.25) is 0 Å². The van der Waals surface area contributed by atoms with Gasteiger partial charge in [0.1, 0.15) is 0 Å². The van der Waals surface area contributed by atoms with Gasteiger partial charge in [0.25, 0.3) is 0 Å². The number of benzene rings is 1. The average Bonchev–Trinajstić information content (AvgIpc) is 2.72. The minimum absolute atomic E-state index is 0.319. The summed E-state index contributed by atoms with van der Waals surface area (Å²) in [4.78, 5) is 6.99. The van der Waals surface area contributed by atoms with Crippen molar-refractivity contribution < 1.29 is 8.42 Å². The second-order valence-corrected chi connectivity index (χ2v) is 8.81. The number of aromatic nitrogens is 3. The largest absolute Gasteiger partial charge is 0.349 e. The molecule has 1 aromatic carbocycles. The van der Waals surface area contributed by atoms with E-state index in [2.05, 4.69) is 25.4 Å². The van der Waals surface area contributed by atoms with E-state index < -0.39 is 10.0 Å². The van der Waals surface area contributed by atoms with E-state index in [1.807, 2.05) is 33.0 Å². The highest BCUT2D eigenvalue weighted by Crippen LogP contribution is 2.22. The van der Waals surface area contributed by atoms with Crippen LogP contribution in [0.4, 0.5) is 5.95 Å². The maximum absolute atomic E-state index is 13.1. The maximum atomic E-state index is 13.1. The minimum atomic E-state index is -3.53. The topological polar surface area (TPSA) is 91.3 Å². The van der Waals surface area contributed by atoms with E-state index in [4.69, 9.17) is 0 Å². The number of aryl methyl sites for hydroxylation is 2. The van der Waals surface area contributed by atoms with Crippen molar-refractivity contribution in [2.45, 2.75) is 38.1 Å².